The molecule has 7 heteroatoms. The molecule has 1 heterocycles. The lowest BCUT2D eigenvalue weighted by Crippen LogP contribution is -2.31. The molecule has 1 aromatic heterocycles. The summed E-state index contributed by atoms with van der Waals surface area (Å²) in [4.78, 5) is 17.1. The van der Waals surface area contributed by atoms with E-state index in [4.69, 9.17) is 9.47 Å². The van der Waals surface area contributed by atoms with Gasteiger partial charge in [-0.05, 0) is 41.8 Å². The number of rotatable bonds is 8. The third kappa shape index (κ3) is 4.93. The van der Waals surface area contributed by atoms with Crippen LogP contribution >= 0.6 is 0 Å². The van der Waals surface area contributed by atoms with Crippen LogP contribution < -0.4 is 14.8 Å². The van der Waals surface area contributed by atoms with Crippen LogP contribution in [0.2, 0.25) is 0 Å². The van der Waals surface area contributed by atoms with Gasteiger partial charge < -0.3 is 19.4 Å². The number of aromatic nitrogens is 2. The van der Waals surface area contributed by atoms with Gasteiger partial charge in [0.05, 0.1) is 14.2 Å². The van der Waals surface area contributed by atoms with Gasteiger partial charge in [-0.25, -0.2) is 9.37 Å². The fourth-order valence-corrected chi connectivity index (χ4v) is 3.13. The quantitative estimate of drug-likeness (QED) is 0.633. The number of hydrogen-bond donors (Lipinski definition) is 1. The van der Waals surface area contributed by atoms with Crippen LogP contribution in [-0.2, 0) is 18.3 Å². The summed E-state index contributed by atoms with van der Waals surface area (Å²) in [5.74, 6) is 1.00. The Morgan fingerprint density at radius 1 is 1.21 bits per heavy atom. The third-order valence-electron chi connectivity index (χ3n) is 4.71. The Morgan fingerprint density at radius 3 is 2.69 bits per heavy atom. The molecule has 152 valence electrons. The first kappa shape index (κ1) is 20.4. The average molecular weight is 397 g/mol. The number of methoxy groups -OCH3 is 2. The van der Waals surface area contributed by atoms with Gasteiger partial charge in [0, 0.05) is 25.9 Å². The molecule has 1 N–H and O–H groups in total. The van der Waals surface area contributed by atoms with E-state index in [1.54, 1.807) is 25.4 Å². The topological polar surface area (TPSA) is 65.4 Å². The Balaban J connectivity index is 1.74. The predicted octanol–water partition coefficient (Wildman–Crippen LogP) is 3.41. The second-order valence-electron chi connectivity index (χ2n) is 6.64. The van der Waals surface area contributed by atoms with Crippen molar-refractivity contribution in [2.45, 2.75) is 18.9 Å². The first-order valence-corrected chi connectivity index (χ1v) is 9.24. The van der Waals surface area contributed by atoms with Crippen molar-refractivity contribution in [2.24, 2.45) is 7.05 Å². The number of carbonyl (C=O) groups is 1. The maximum atomic E-state index is 13.9. The van der Waals surface area contributed by atoms with Crippen LogP contribution in [0.15, 0.2) is 54.9 Å². The molecule has 1 atom stereocenters. The number of hydrogen-bond acceptors (Lipinski definition) is 4. The number of ether oxygens (including phenoxy) is 2. The van der Waals surface area contributed by atoms with Crippen molar-refractivity contribution < 1.29 is 18.7 Å². The summed E-state index contributed by atoms with van der Waals surface area (Å²) in [6.45, 7) is 0. The zero-order chi connectivity index (χ0) is 20.8. The molecule has 0 bridgehead atoms. The van der Waals surface area contributed by atoms with E-state index in [1.807, 2.05) is 42.1 Å². The van der Waals surface area contributed by atoms with E-state index >= 15 is 0 Å². The lowest BCUT2D eigenvalue weighted by molar-refractivity contribution is -0.121. The van der Waals surface area contributed by atoms with Crippen LogP contribution in [0.4, 0.5) is 4.39 Å². The minimum absolute atomic E-state index is 0.156. The van der Waals surface area contributed by atoms with Crippen LogP contribution in [0, 0.1) is 5.82 Å². The number of carbonyl (C=O) groups excluding carboxylic acids is 1. The van der Waals surface area contributed by atoms with Gasteiger partial charge in [0.15, 0.2) is 11.6 Å². The normalized spacial score (nSPS) is 11.7. The molecule has 6 nitrogen and oxygen atoms in total. The van der Waals surface area contributed by atoms with Gasteiger partial charge in [-0.15, -0.1) is 0 Å². The molecule has 29 heavy (non-hydrogen) atoms. The van der Waals surface area contributed by atoms with Crippen molar-refractivity contribution in [3.63, 3.8) is 0 Å². The summed E-state index contributed by atoms with van der Waals surface area (Å²) in [6.07, 6.45) is 4.15. The molecule has 0 aliphatic rings. The van der Waals surface area contributed by atoms with Crippen molar-refractivity contribution in [3.8, 4) is 11.5 Å². The molecule has 2 aromatic carbocycles. The molecule has 0 radical (unpaired) electrons. The first-order valence-electron chi connectivity index (χ1n) is 9.24. The minimum atomic E-state index is -0.437. The number of halogens is 1. The zero-order valence-electron chi connectivity index (χ0n) is 16.7. The highest BCUT2D eigenvalue weighted by Crippen LogP contribution is 2.24. The molecule has 0 fully saturated rings. The molecule has 0 aliphatic carbocycles. The molecule has 0 saturated carbocycles. The van der Waals surface area contributed by atoms with E-state index < -0.39 is 11.9 Å². The maximum absolute atomic E-state index is 13.9. The lowest BCUT2D eigenvalue weighted by Gasteiger charge is -2.20. The van der Waals surface area contributed by atoms with Gasteiger partial charge in [-0.2, -0.15) is 0 Å². The van der Waals surface area contributed by atoms with Gasteiger partial charge in [0.25, 0.3) is 0 Å². The number of imidazole rings is 1. The summed E-state index contributed by atoms with van der Waals surface area (Å²) < 4.78 is 26.0. The van der Waals surface area contributed by atoms with Crippen LogP contribution in [0.1, 0.15) is 29.4 Å². The minimum Gasteiger partial charge on any atom is -0.497 e. The van der Waals surface area contributed by atoms with Crippen molar-refractivity contribution in [1.29, 1.82) is 0 Å². The highest BCUT2D eigenvalue weighted by atomic mass is 19.1. The van der Waals surface area contributed by atoms with Crippen LogP contribution in [0.3, 0.4) is 0 Å². The van der Waals surface area contributed by atoms with Crippen molar-refractivity contribution in [1.82, 2.24) is 14.9 Å². The standard InChI is InChI=1S/C22H24FN3O3/c1-26-12-11-24-22(26)21(16-5-4-6-17(14-16)28-2)25-20(27)10-8-15-7-9-19(29-3)18(23)13-15/h4-7,9,11-14,21H,8,10H2,1-3H3,(H,25,27). The molecule has 0 saturated heterocycles. The largest absolute Gasteiger partial charge is 0.497 e. The molecule has 0 spiro atoms. The summed E-state index contributed by atoms with van der Waals surface area (Å²) >= 11 is 0. The highest BCUT2D eigenvalue weighted by molar-refractivity contribution is 5.77. The Labute approximate surface area is 169 Å². The summed E-state index contributed by atoms with van der Waals surface area (Å²) in [7, 11) is 4.89. The highest BCUT2D eigenvalue weighted by Gasteiger charge is 2.21. The molecule has 3 aromatic rings. The molecule has 0 aliphatic heterocycles. The summed E-state index contributed by atoms with van der Waals surface area (Å²) in [6, 6.07) is 11.8. The number of aryl methyl sites for hydroxylation is 2. The zero-order valence-corrected chi connectivity index (χ0v) is 16.7. The molecular weight excluding hydrogens is 373 g/mol. The van der Waals surface area contributed by atoms with Gasteiger partial charge in [0.2, 0.25) is 5.91 Å². The second-order valence-corrected chi connectivity index (χ2v) is 6.64. The average Bonchev–Trinajstić information content (AvgIpc) is 3.16. The number of benzene rings is 2. The van der Waals surface area contributed by atoms with Gasteiger partial charge in [-0.3, -0.25) is 4.79 Å². The second kappa shape index (κ2) is 9.23. The van der Waals surface area contributed by atoms with Gasteiger partial charge in [-0.1, -0.05) is 18.2 Å². The van der Waals surface area contributed by atoms with E-state index in [1.165, 1.54) is 13.2 Å². The van der Waals surface area contributed by atoms with Gasteiger partial charge in [0.1, 0.15) is 17.6 Å². The van der Waals surface area contributed by atoms with Crippen LogP contribution in [-0.4, -0.2) is 29.7 Å². The van der Waals surface area contributed by atoms with E-state index in [0.717, 1.165) is 11.1 Å². The number of nitrogens with one attached hydrogen (secondary N) is 1. The van der Waals surface area contributed by atoms with Crippen LogP contribution in [0.25, 0.3) is 0 Å². The molecule has 3 rings (SSSR count). The maximum Gasteiger partial charge on any atom is 0.221 e. The fourth-order valence-electron chi connectivity index (χ4n) is 3.13. The van der Waals surface area contributed by atoms with E-state index in [-0.39, 0.29) is 18.1 Å². The first-order chi connectivity index (χ1) is 14.0. The summed E-state index contributed by atoms with van der Waals surface area (Å²) in [5, 5.41) is 3.04. The monoisotopic (exact) mass is 397 g/mol. The summed E-state index contributed by atoms with van der Waals surface area (Å²) in [5.41, 5.74) is 1.59. The molecule has 1 amide bonds. The van der Waals surface area contributed by atoms with Crippen molar-refractivity contribution in [2.75, 3.05) is 14.2 Å². The number of amides is 1. The Morgan fingerprint density at radius 2 is 2.03 bits per heavy atom. The van der Waals surface area contributed by atoms with E-state index in [0.29, 0.717) is 18.0 Å². The molecule has 1 unspecified atom stereocenters. The van der Waals surface area contributed by atoms with Gasteiger partial charge >= 0.3 is 0 Å². The Hall–Kier alpha value is -3.35. The van der Waals surface area contributed by atoms with Crippen LogP contribution in [0.5, 0.6) is 11.5 Å². The van der Waals surface area contributed by atoms with Crippen molar-refractivity contribution >= 4 is 5.91 Å². The Kier molecular flexibility index (Phi) is 6.49. The van der Waals surface area contributed by atoms with E-state index in [2.05, 4.69) is 10.3 Å². The van der Waals surface area contributed by atoms with E-state index in [9.17, 15) is 9.18 Å². The van der Waals surface area contributed by atoms with Crippen molar-refractivity contribution in [3.05, 3.63) is 77.6 Å². The Bertz CT molecular complexity index is 987. The SMILES string of the molecule is COc1cccc(C(NC(=O)CCc2ccc(OC)c(F)c2)c2nccn2C)c1. The molecular formula is C22H24FN3O3. The fraction of sp³-hybridized carbons (Fsp3) is 0.273. The predicted molar refractivity (Wildman–Crippen MR) is 107 cm³/mol. The number of nitrogens with zero attached hydrogens (tertiary/aromatic N) is 2. The smallest absolute Gasteiger partial charge is 0.221 e. The lowest BCUT2D eigenvalue weighted by atomic mass is 10.0. The third-order valence-corrected chi connectivity index (χ3v) is 4.71.